The molecule has 21 N–H and O–H groups in total. The number of methoxy groups -OCH3 is 5. The average Bonchev–Trinajstić information content (AvgIpc) is 1.85. The molecule has 0 aromatic rings. The van der Waals surface area contributed by atoms with Crippen LogP contribution in [0.25, 0.3) is 0 Å². The van der Waals surface area contributed by atoms with E-state index >= 15 is 0 Å². The zero-order valence-electron chi connectivity index (χ0n) is 49.3. The summed E-state index contributed by atoms with van der Waals surface area (Å²) in [4.78, 5) is 40.8. The molecule has 540 valence electrons. The summed E-state index contributed by atoms with van der Waals surface area (Å²) in [5, 5.41) is 174. The highest BCUT2D eigenvalue weighted by Gasteiger charge is 2.51. The lowest BCUT2D eigenvalue weighted by molar-refractivity contribution is -0.223. The molecule has 0 amide bonds. The lowest BCUT2D eigenvalue weighted by Gasteiger charge is -2.33. The second-order valence-corrected chi connectivity index (χ2v) is 25.0. The van der Waals surface area contributed by atoms with Crippen molar-refractivity contribution in [2.45, 2.75) is 141 Å². The number of phosphoric ester groups is 4. The Bertz CT molecular complexity index is 2090. The highest BCUT2D eigenvalue weighted by atomic mass is 31.2. The van der Waals surface area contributed by atoms with Crippen LogP contribution in [0.2, 0.25) is 0 Å². The molecule has 0 saturated carbocycles. The van der Waals surface area contributed by atoms with E-state index in [1.165, 1.54) is 7.11 Å². The Hall–Kier alpha value is -0.640. The lowest BCUT2D eigenvalue weighted by Crippen LogP contribution is -2.48. The molecule has 43 nitrogen and oxygen atoms in total. The first-order valence-corrected chi connectivity index (χ1v) is 32.5. The molecule has 1 heterocycles. The Labute approximate surface area is 514 Å². The van der Waals surface area contributed by atoms with Gasteiger partial charge in [0.2, 0.25) is 0 Å². The van der Waals surface area contributed by atoms with Crippen LogP contribution in [0.15, 0.2) is 0 Å². The zero-order valence-corrected chi connectivity index (χ0v) is 52.9. The maximum Gasteiger partial charge on any atom is 0.472 e. The van der Waals surface area contributed by atoms with Crippen LogP contribution < -0.4 is 0 Å². The van der Waals surface area contributed by atoms with E-state index in [0.29, 0.717) is 0 Å². The molecule has 0 bridgehead atoms. The molecule has 47 heteroatoms. The summed E-state index contributed by atoms with van der Waals surface area (Å²) >= 11 is 0. The van der Waals surface area contributed by atoms with Crippen molar-refractivity contribution in [2.24, 2.45) is 0 Å². The topological polar surface area (TPSA) is 659 Å². The van der Waals surface area contributed by atoms with Gasteiger partial charge in [-0.05, 0) is 0 Å². The Morgan fingerprint density at radius 2 is 0.789 bits per heavy atom. The normalized spacial score (nSPS) is 25.9. The molecule has 0 aromatic carbocycles. The van der Waals surface area contributed by atoms with Gasteiger partial charge in [-0.2, -0.15) is 0 Å². The van der Waals surface area contributed by atoms with Crippen LogP contribution >= 0.6 is 31.3 Å². The molecule has 0 aliphatic carbocycles. The minimum absolute atomic E-state index is 0.474. The standard InChI is InChI=1S/C43H90O43P4/c1-69-30(7-44)21(48)11-75-12-22(49)35(57)27(54)17-80-88(63,64)84-34(31(8-45)70-2)20-76-13-23(50)36(58)28(55)18-81-89(65,66)85-39-33(10-47)83-43(41(39)72-4)78-15-25(52)38(60)29(56)19-82-90(67,68)86-40(32(9-46)71-3)42(73-5)77-14-24(51)37(59)26(53)16-79-87(61,62)74-6/h21-60H,7-20H2,1-6H3,(H,61,62)(H,63,64)(H,65,66)(H,67,68)/t21-,22?,23?,24?,25?,26?,27?,28?,29?,30?,31?,32?,33?,34-,35?,36?,37?,38?,39?,40?,41?,42?,43?/m1/s1. The lowest BCUT2D eigenvalue weighted by atomic mass is 10.1. The minimum atomic E-state index is -5.45. The molecule has 1 aliphatic heterocycles. The predicted octanol–water partition coefficient (Wildman–Crippen LogP) is -10.3. The zero-order chi connectivity index (χ0) is 68.9. The first kappa shape index (κ1) is 87.4. The van der Waals surface area contributed by atoms with E-state index in [2.05, 4.69) is 9.05 Å². The first-order valence-electron chi connectivity index (χ1n) is 26.5. The number of phosphoric acid groups is 4. The Morgan fingerprint density at radius 1 is 0.400 bits per heavy atom. The molecular formula is C43H90O43P4. The number of ether oxygens (including phenoxy) is 10. The molecule has 1 rings (SSSR count). The highest BCUT2D eigenvalue weighted by molar-refractivity contribution is 7.48. The van der Waals surface area contributed by atoms with Crippen LogP contribution in [0, 0.1) is 0 Å². The van der Waals surface area contributed by atoms with Crippen LogP contribution in [-0.2, 0) is 102 Å². The fraction of sp³-hybridized carbons (Fsp3) is 1.00. The number of aliphatic hydroxyl groups is 17. The van der Waals surface area contributed by atoms with E-state index in [1.54, 1.807) is 0 Å². The van der Waals surface area contributed by atoms with Crippen LogP contribution in [0.4, 0.5) is 0 Å². The summed E-state index contributed by atoms with van der Waals surface area (Å²) in [6.45, 7) is -13.0. The molecule has 90 heavy (non-hydrogen) atoms. The molecular weight excluding hydrogens is 1330 g/mol. The number of aliphatic hydroxyl groups excluding tert-OH is 17. The third kappa shape index (κ3) is 30.8. The van der Waals surface area contributed by atoms with Crippen molar-refractivity contribution < 1.29 is 208 Å². The Kier molecular flexibility index (Phi) is 42.3. The Balaban J connectivity index is 2.86. The van der Waals surface area contributed by atoms with Gasteiger partial charge in [-0.3, -0.25) is 36.2 Å². The Morgan fingerprint density at radius 3 is 1.20 bits per heavy atom. The second-order valence-electron chi connectivity index (χ2n) is 19.2. The van der Waals surface area contributed by atoms with Gasteiger partial charge in [0.25, 0.3) is 0 Å². The van der Waals surface area contributed by atoms with Crippen molar-refractivity contribution in [3.8, 4) is 0 Å². The molecule has 1 saturated heterocycles. The summed E-state index contributed by atoms with van der Waals surface area (Å²) in [5.41, 5.74) is 0. The first-order chi connectivity index (χ1) is 42.0. The van der Waals surface area contributed by atoms with Crippen molar-refractivity contribution in [2.75, 3.05) is 135 Å². The van der Waals surface area contributed by atoms with Gasteiger partial charge < -0.3 is 154 Å². The van der Waals surface area contributed by atoms with E-state index < -0.39 is 265 Å². The summed E-state index contributed by atoms with van der Waals surface area (Å²) < 4.78 is 140. The van der Waals surface area contributed by atoms with E-state index in [9.17, 15) is 120 Å². The van der Waals surface area contributed by atoms with Gasteiger partial charge in [0.15, 0.2) is 12.6 Å². The predicted molar refractivity (Wildman–Crippen MR) is 287 cm³/mol. The second kappa shape index (κ2) is 43.6. The third-order valence-corrected chi connectivity index (χ3v) is 16.6. The maximum atomic E-state index is 13.1. The number of hydrogen-bond donors (Lipinski definition) is 21. The van der Waals surface area contributed by atoms with Gasteiger partial charge in [-0.1, -0.05) is 0 Å². The molecule has 0 spiro atoms. The summed E-state index contributed by atoms with van der Waals surface area (Å²) in [7, 11) is -14.7. The minimum Gasteiger partial charge on any atom is -0.394 e. The van der Waals surface area contributed by atoms with Crippen LogP contribution in [0.5, 0.6) is 0 Å². The average molecular weight is 1420 g/mol. The fourth-order valence-electron chi connectivity index (χ4n) is 7.38. The van der Waals surface area contributed by atoms with Crippen molar-refractivity contribution >= 4 is 31.3 Å². The quantitative estimate of drug-likeness (QED) is 0.0199. The van der Waals surface area contributed by atoms with Crippen LogP contribution in [0.3, 0.4) is 0 Å². The highest BCUT2D eigenvalue weighted by Crippen LogP contribution is 2.49. The van der Waals surface area contributed by atoms with Gasteiger partial charge in [-0.15, -0.1) is 0 Å². The monoisotopic (exact) mass is 1420 g/mol. The third-order valence-electron chi connectivity index (χ3n) is 12.7. The van der Waals surface area contributed by atoms with Gasteiger partial charge in [0, 0.05) is 42.7 Å². The molecule has 27 atom stereocenters. The van der Waals surface area contributed by atoms with Crippen molar-refractivity contribution in [1.82, 2.24) is 0 Å². The van der Waals surface area contributed by atoms with E-state index in [-0.39, 0.29) is 0 Å². The molecule has 1 fully saturated rings. The van der Waals surface area contributed by atoms with Crippen LogP contribution in [0.1, 0.15) is 0 Å². The fourth-order valence-corrected chi connectivity index (χ4v) is 10.7. The van der Waals surface area contributed by atoms with Gasteiger partial charge in [-0.25, -0.2) is 18.3 Å². The largest absolute Gasteiger partial charge is 0.472 e. The molecule has 1 aliphatic rings. The van der Waals surface area contributed by atoms with Gasteiger partial charge in [0.1, 0.15) is 128 Å². The van der Waals surface area contributed by atoms with E-state index in [0.717, 1.165) is 35.5 Å². The van der Waals surface area contributed by atoms with Gasteiger partial charge in [0.05, 0.1) is 92.5 Å². The summed E-state index contributed by atoms with van der Waals surface area (Å²) in [6, 6.07) is 0. The molecule has 0 aromatic heterocycles. The van der Waals surface area contributed by atoms with Crippen LogP contribution in [-0.4, -0.2) is 382 Å². The summed E-state index contributed by atoms with van der Waals surface area (Å²) in [6.07, 6.45) is -42.9. The number of hydrogen-bond acceptors (Lipinski definition) is 39. The van der Waals surface area contributed by atoms with E-state index in [1.807, 2.05) is 0 Å². The van der Waals surface area contributed by atoms with Crippen molar-refractivity contribution in [1.29, 1.82) is 0 Å². The molecule has 0 radical (unpaired) electrons. The smallest absolute Gasteiger partial charge is 0.394 e. The summed E-state index contributed by atoms with van der Waals surface area (Å²) in [5.74, 6) is 0. The maximum absolute atomic E-state index is 13.1. The van der Waals surface area contributed by atoms with Crippen molar-refractivity contribution in [3.05, 3.63) is 0 Å². The van der Waals surface area contributed by atoms with Gasteiger partial charge >= 0.3 is 31.3 Å². The SMILES string of the molecule is COC(CO)C(OP(=O)(O)OCC(O)C(O)C(O)COC1OC(CO)C(OP(=O)(O)OCC(O)C(O)C(O)COC[C@@H](OP(=O)(O)OCC(O)C(O)C(O)COC[C@@H](O)C(CO)OC)C(CO)OC)C1OC)C(OC)OCC(O)C(O)C(O)COP(=O)(O)OC. The van der Waals surface area contributed by atoms with E-state index in [4.69, 9.17) is 79.6 Å². The molecule has 25 unspecified atom stereocenters. The van der Waals surface area contributed by atoms with Crippen molar-refractivity contribution in [3.63, 3.8) is 0 Å². The number of rotatable bonds is 54.